The summed E-state index contributed by atoms with van der Waals surface area (Å²) in [5.74, 6) is 1.23. The number of carbonyl (C=O) groups excluding carboxylic acids is 1. The van der Waals surface area contributed by atoms with Crippen molar-refractivity contribution in [3.63, 3.8) is 0 Å². The first-order valence-corrected chi connectivity index (χ1v) is 11.9. The monoisotopic (exact) mass is 476 g/mol. The molecule has 1 fully saturated rings. The van der Waals surface area contributed by atoms with Crippen molar-refractivity contribution >= 4 is 27.9 Å². The molecule has 3 aromatic rings. The molecule has 7 rings (SSSR count). The van der Waals surface area contributed by atoms with Crippen molar-refractivity contribution in [3.05, 3.63) is 78.0 Å². The van der Waals surface area contributed by atoms with Crippen LogP contribution in [0.25, 0.3) is 10.9 Å². The van der Waals surface area contributed by atoms with Gasteiger partial charge >= 0.3 is 5.43 Å². The number of aliphatic hydroxyl groups excluding tert-OH is 1. The Kier molecular flexibility index (Phi) is 5.13. The Morgan fingerprint density at radius 2 is 2.03 bits per heavy atom. The van der Waals surface area contributed by atoms with Gasteiger partial charge in [-0.1, -0.05) is 42.5 Å². The van der Waals surface area contributed by atoms with Crippen LogP contribution in [-0.2, 0) is 11.8 Å². The number of aliphatic hydroxyl groups is 1. The molecule has 5 atom stereocenters. The number of rotatable bonds is 1. The van der Waals surface area contributed by atoms with E-state index in [1.807, 2.05) is 42.6 Å². The standard InChI is InChI=1S/C18H18ClNO4.C9H7N/c1-20-7-6-18-10-3-4-12(21)16(18)24-15-13(23-17(19)22)5-2-9(14(15)18)8-11(10)20;1-2-6-9-8(4-1)5-3-7-10-9/h2-5,10-12,16,21H,6-8H2,1H3;1-7H/t10-,11+,12-,16-,18-;/m0./s1. The molecule has 174 valence electrons. The van der Waals surface area contributed by atoms with Crippen LogP contribution >= 0.6 is 11.6 Å². The van der Waals surface area contributed by atoms with Gasteiger partial charge in [-0.05, 0) is 50.2 Å². The lowest BCUT2D eigenvalue weighted by atomic mass is 9.53. The Balaban J connectivity index is 0.000000182. The molecule has 0 unspecified atom stereocenters. The predicted octanol–water partition coefficient (Wildman–Crippen LogP) is 4.46. The molecular formula is C27H25ClN2O4. The second-order valence-electron chi connectivity index (χ2n) is 9.44. The molecule has 0 amide bonds. The van der Waals surface area contributed by atoms with Gasteiger partial charge in [0, 0.05) is 46.1 Å². The van der Waals surface area contributed by atoms with Crippen LogP contribution < -0.4 is 9.47 Å². The Labute approximate surface area is 202 Å². The zero-order valence-corrected chi connectivity index (χ0v) is 19.5. The maximum Gasteiger partial charge on any atom is 0.409 e. The van der Waals surface area contributed by atoms with Crippen molar-refractivity contribution in [2.24, 2.45) is 5.92 Å². The summed E-state index contributed by atoms with van der Waals surface area (Å²) >= 11 is 5.41. The number of likely N-dealkylation sites (tertiary alicyclic amines) is 1. The highest BCUT2D eigenvalue weighted by molar-refractivity contribution is 6.61. The fraction of sp³-hybridized carbons (Fsp3) is 0.333. The van der Waals surface area contributed by atoms with Crippen LogP contribution in [0.2, 0.25) is 0 Å². The number of ether oxygens (including phenoxy) is 2. The number of nitrogens with zero attached hydrogens (tertiary/aromatic N) is 2. The van der Waals surface area contributed by atoms with Gasteiger partial charge in [0.15, 0.2) is 11.5 Å². The van der Waals surface area contributed by atoms with Gasteiger partial charge in [0.2, 0.25) is 0 Å². The Hall–Kier alpha value is -2.93. The zero-order chi connectivity index (χ0) is 23.4. The van der Waals surface area contributed by atoms with E-state index >= 15 is 0 Å². The predicted molar refractivity (Wildman–Crippen MR) is 130 cm³/mol. The van der Waals surface area contributed by atoms with Crippen LogP contribution in [0.4, 0.5) is 4.79 Å². The Morgan fingerprint density at radius 3 is 2.85 bits per heavy atom. The number of piperidine rings is 1. The van der Waals surface area contributed by atoms with Gasteiger partial charge in [-0.15, -0.1) is 0 Å². The second-order valence-corrected chi connectivity index (χ2v) is 9.75. The highest BCUT2D eigenvalue weighted by Gasteiger charge is 2.64. The van der Waals surface area contributed by atoms with Crippen molar-refractivity contribution in [2.75, 3.05) is 13.6 Å². The lowest BCUT2D eigenvalue weighted by Gasteiger charge is -2.56. The van der Waals surface area contributed by atoms with E-state index in [0.29, 0.717) is 23.5 Å². The molecule has 1 saturated heterocycles. The summed E-state index contributed by atoms with van der Waals surface area (Å²) in [4.78, 5) is 17.8. The van der Waals surface area contributed by atoms with Gasteiger partial charge in [0.1, 0.15) is 12.2 Å². The van der Waals surface area contributed by atoms with Gasteiger partial charge in [0.05, 0.1) is 5.52 Å². The van der Waals surface area contributed by atoms with Crippen molar-refractivity contribution < 1.29 is 19.4 Å². The number of benzene rings is 2. The molecule has 0 saturated carbocycles. The molecular weight excluding hydrogens is 452 g/mol. The molecule has 1 N–H and O–H groups in total. The van der Waals surface area contributed by atoms with Crippen molar-refractivity contribution in [1.82, 2.24) is 9.88 Å². The van der Waals surface area contributed by atoms with E-state index in [1.54, 1.807) is 6.07 Å². The summed E-state index contributed by atoms with van der Waals surface area (Å²) in [6, 6.07) is 16.2. The first-order chi connectivity index (χ1) is 16.5. The van der Waals surface area contributed by atoms with Crippen LogP contribution in [0, 0.1) is 5.92 Å². The molecule has 2 aliphatic heterocycles. The molecule has 3 heterocycles. The maximum absolute atomic E-state index is 11.2. The SMILES string of the molecule is CN1CC[C@]23c4c5ccc(OC(=O)Cl)c4O[C@H]2[C@@H](O)C=C[C@H]3[C@H]1C5.c1ccc2ncccc2c1. The molecule has 6 nitrogen and oxygen atoms in total. The van der Waals surface area contributed by atoms with Gasteiger partial charge < -0.3 is 19.5 Å². The van der Waals surface area contributed by atoms with Gasteiger partial charge in [-0.2, -0.15) is 0 Å². The van der Waals surface area contributed by atoms with Crippen LogP contribution in [0.15, 0.2) is 66.9 Å². The molecule has 2 aromatic carbocycles. The number of pyridine rings is 1. The third kappa shape index (κ3) is 3.17. The van der Waals surface area contributed by atoms with Crippen molar-refractivity contribution in [1.29, 1.82) is 0 Å². The normalized spacial score (nSPS) is 30.1. The first-order valence-electron chi connectivity index (χ1n) is 11.6. The zero-order valence-electron chi connectivity index (χ0n) is 18.7. The van der Waals surface area contributed by atoms with Crippen molar-refractivity contribution in [2.45, 2.75) is 36.5 Å². The van der Waals surface area contributed by atoms with Crippen LogP contribution in [-0.4, -0.2) is 52.3 Å². The molecule has 1 spiro atoms. The highest BCUT2D eigenvalue weighted by atomic mass is 35.5. The number of para-hydroxylation sites is 1. The van der Waals surface area contributed by atoms with E-state index in [-0.39, 0.29) is 11.5 Å². The van der Waals surface area contributed by atoms with E-state index in [2.05, 4.69) is 35.1 Å². The summed E-state index contributed by atoms with van der Waals surface area (Å²) in [7, 11) is 2.16. The number of likely N-dealkylation sites (N-methyl/N-ethyl adjacent to an activating group) is 1. The van der Waals surface area contributed by atoms with Crippen molar-refractivity contribution in [3.8, 4) is 11.5 Å². The lowest BCUT2D eigenvalue weighted by molar-refractivity contribution is -0.0452. The van der Waals surface area contributed by atoms with E-state index in [4.69, 9.17) is 21.1 Å². The maximum atomic E-state index is 11.2. The third-order valence-electron chi connectivity index (χ3n) is 7.84. The fourth-order valence-corrected chi connectivity index (χ4v) is 6.49. The van der Waals surface area contributed by atoms with Crippen LogP contribution in [0.3, 0.4) is 0 Å². The molecule has 2 aliphatic carbocycles. The van der Waals surface area contributed by atoms with Crippen LogP contribution in [0.5, 0.6) is 11.5 Å². The molecule has 7 heteroatoms. The molecule has 34 heavy (non-hydrogen) atoms. The Morgan fingerprint density at radius 1 is 1.21 bits per heavy atom. The minimum absolute atomic E-state index is 0.247. The number of fused-ring (bicyclic) bond motifs is 1. The number of carbonyl (C=O) groups is 1. The number of hydrogen-bond acceptors (Lipinski definition) is 6. The Bertz CT molecular complexity index is 1250. The smallest absolute Gasteiger partial charge is 0.409 e. The average molecular weight is 477 g/mol. The minimum Gasteiger partial charge on any atom is -0.482 e. The third-order valence-corrected chi connectivity index (χ3v) is 7.91. The molecule has 0 radical (unpaired) electrons. The fourth-order valence-electron chi connectivity index (χ4n) is 6.41. The van der Waals surface area contributed by atoms with Gasteiger partial charge in [-0.25, -0.2) is 4.79 Å². The number of aromatic nitrogens is 1. The molecule has 1 aromatic heterocycles. The van der Waals surface area contributed by atoms with Crippen LogP contribution in [0.1, 0.15) is 17.5 Å². The quantitative estimate of drug-likeness (QED) is 0.413. The summed E-state index contributed by atoms with van der Waals surface area (Å²) < 4.78 is 11.4. The van der Waals surface area contributed by atoms with Gasteiger partial charge in [0.25, 0.3) is 0 Å². The van der Waals surface area contributed by atoms with E-state index in [1.165, 1.54) is 10.9 Å². The summed E-state index contributed by atoms with van der Waals surface area (Å²) in [6.07, 6.45) is 6.65. The van der Waals surface area contributed by atoms with E-state index in [9.17, 15) is 9.90 Å². The minimum atomic E-state index is -0.880. The summed E-state index contributed by atoms with van der Waals surface area (Å²) in [5, 5.41) is 11.8. The topological polar surface area (TPSA) is 71.9 Å². The van der Waals surface area contributed by atoms with E-state index < -0.39 is 11.5 Å². The van der Waals surface area contributed by atoms with E-state index in [0.717, 1.165) is 30.5 Å². The summed E-state index contributed by atoms with van der Waals surface area (Å²) in [6.45, 7) is 0.958. The summed E-state index contributed by atoms with van der Waals surface area (Å²) in [5.41, 5.74) is 2.26. The lowest BCUT2D eigenvalue weighted by Crippen LogP contribution is -2.64. The average Bonchev–Trinajstić information content (AvgIpc) is 3.20. The largest absolute Gasteiger partial charge is 0.482 e. The second kappa shape index (κ2) is 8.08. The number of hydrogen-bond donors (Lipinski definition) is 1. The van der Waals surface area contributed by atoms with Gasteiger partial charge in [-0.3, -0.25) is 4.98 Å². The first kappa shape index (κ1) is 21.6. The highest BCUT2D eigenvalue weighted by Crippen LogP contribution is 2.62. The number of halogens is 1. The molecule has 4 aliphatic rings. The molecule has 2 bridgehead atoms.